The van der Waals surface area contributed by atoms with Crippen molar-refractivity contribution in [2.75, 3.05) is 7.05 Å². The number of benzene rings is 1. The Hall–Kier alpha value is -2.04. The molecule has 0 aliphatic heterocycles. The van der Waals surface area contributed by atoms with Gasteiger partial charge in [0.15, 0.2) is 0 Å². The van der Waals surface area contributed by atoms with Crippen LogP contribution in [0.2, 0.25) is 0 Å². The second-order valence-electron chi connectivity index (χ2n) is 5.37. The fourth-order valence-electron chi connectivity index (χ4n) is 2.11. The molecule has 1 atom stereocenters. The van der Waals surface area contributed by atoms with Crippen LogP contribution in [-0.4, -0.2) is 35.1 Å². The largest absolute Gasteiger partial charge is 0.481 e. The Labute approximate surface area is 126 Å². The quantitative estimate of drug-likeness (QED) is 0.812. The number of nitrogens with zero attached hydrogens (tertiary/aromatic N) is 1. The zero-order valence-electron chi connectivity index (χ0n) is 12.9. The number of carboxylic acid groups (broad SMARTS) is 1. The number of hydrogen-bond acceptors (Lipinski definition) is 2. The van der Waals surface area contributed by atoms with Gasteiger partial charge in [-0.3, -0.25) is 4.79 Å². The Morgan fingerprint density at radius 1 is 1.29 bits per heavy atom. The summed E-state index contributed by atoms with van der Waals surface area (Å²) in [6.07, 6.45) is 1.45. The van der Waals surface area contributed by atoms with Crippen molar-refractivity contribution in [1.82, 2.24) is 10.2 Å². The number of aliphatic carboxylic acids is 1. The zero-order chi connectivity index (χ0) is 15.8. The van der Waals surface area contributed by atoms with Gasteiger partial charge >= 0.3 is 12.0 Å². The summed E-state index contributed by atoms with van der Waals surface area (Å²) < 4.78 is 0. The van der Waals surface area contributed by atoms with E-state index in [1.807, 2.05) is 38.1 Å². The number of amides is 2. The Morgan fingerprint density at radius 3 is 2.43 bits per heavy atom. The summed E-state index contributed by atoms with van der Waals surface area (Å²) in [5, 5.41) is 11.6. The van der Waals surface area contributed by atoms with Crippen molar-refractivity contribution >= 4 is 12.0 Å². The molecule has 1 rings (SSSR count). The molecule has 0 fully saturated rings. The first-order valence-electron chi connectivity index (χ1n) is 7.21. The lowest BCUT2D eigenvalue weighted by Gasteiger charge is -2.22. The van der Waals surface area contributed by atoms with Gasteiger partial charge in [0.1, 0.15) is 0 Å². The summed E-state index contributed by atoms with van der Waals surface area (Å²) in [5.41, 5.74) is 2.22. The van der Waals surface area contributed by atoms with E-state index in [-0.39, 0.29) is 18.5 Å². The van der Waals surface area contributed by atoms with Gasteiger partial charge in [0.05, 0.1) is 6.42 Å². The van der Waals surface area contributed by atoms with Crippen molar-refractivity contribution in [2.24, 2.45) is 0 Å². The first-order chi connectivity index (χ1) is 9.92. The highest BCUT2D eigenvalue weighted by atomic mass is 16.4. The summed E-state index contributed by atoms with van der Waals surface area (Å²) in [4.78, 5) is 24.5. The van der Waals surface area contributed by atoms with Crippen LogP contribution in [0.15, 0.2) is 24.3 Å². The normalized spacial score (nSPS) is 11.8. The van der Waals surface area contributed by atoms with Crippen molar-refractivity contribution in [2.45, 2.75) is 45.7 Å². The number of carbonyl (C=O) groups excluding carboxylic acids is 1. The number of hydrogen-bond donors (Lipinski definition) is 2. The maximum absolute atomic E-state index is 12.1. The van der Waals surface area contributed by atoms with E-state index in [9.17, 15) is 9.59 Å². The minimum atomic E-state index is -0.894. The van der Waals surface area contributed by atoms with Gasteiger partial charge in [0.25, 0.3) is 0 Å². The third-order valence-electron chi connectivity index (χ3n) is 3.27. The van der Waals surface area contributed by atoms with Gasteiger partial charge in [-0.15, -0.1) is 0 Å². The van der Waals surface area contributed by atoms with E-state index in [1.165, 1.54) is 5.56 Å². The van der Waals surface area contributed by atoms with Crippen molar-refractivity contribution in [3.05, 3.63) is 35.4 Å². The van der Waals surface area contributed by atoms with Crippen LogP contribution < -0.4 is 5.32 Å². The van der Waals surface area contributed by atoms with Crippen LogP contribution >= 0.6 is 0 Å². The van der Waals surface area contributed by atoms with Crippen LogP contribution in [0.3, 0.4) is 0 Å². The summed E-state index contributed by atoms with van der Waals surface area (Å²) in [6.45, 7) is 4.48. The number of aryl methyl sites for hydroxylation is 1. The topological polar surface area (TPSA) is 69.6 Å². The molecule has 5 heteroatoms. The minimum Gasteiger partial charge on any atom is -0.481 e. The van der Waals surface area contributed by atoms with Gasteiger partial charge in [-0.05, 0) is 18.9 Å². The molecule has 1 unspecified atom stereocenters. The molecule has 116 valence electrons. The second-order valence-corrected chi connectivity index (χ2v) is 5.37. The molecule has 0 saturated heterocycles. The molecule has 0 heterocycles. The Balaban J connectivity index is 2.55. The molecule has 0 aliphatic rings. The predicted octanol–water partition coefficient (Wildman–Crippen LogP) is 2.78. The first-order valence-corrected chi connectivity index (χ1v) is 7.21. The van der Waals surface area contributed by atoms with E-state index in [2.05, 4.69) is 5.32 Å². The highest BCUT2D eigenvalue weighted by Crippen LogP contribution is 2.07. The number of carbonyl (C=O) groups is 2. The fourth-order valence-corrected chi connectivity index (χ4v) is 2.11. The lowest BCUT2D eigenvalue weighted by atomic mass is 10.1. The highest BCUT2D eigenvalue weighted by Gasteiger charge is 2.17. The number of urea groups is 1. The van der Waals surface area contributed by atoms with Crippen molar-refractivity contribution in [3.8, 4) is 0 Å². The maximum Gasteiger partial charge on any atom is 0.317 e. The Bertz CT molecular complexity index is 471. The maximum atomic E-state index is 12.1. The zero-order valence-corrected chi connectivity index (χ0v) is 12.9. The number of carboxylic acids is 1. The molecular formula is C16H24N2O3. The van der Waals surface area contributed by atoms with E-state index >= 15 is 0 Å². The van der Waals surface area contributed by atoms with Crippen LogP contribution in [0.5, 0.6) is 0 Å². The van der Waals surface area contributed by atoms with Crippen LogP contribution in [0, 0.1) is 6.92 Å². The fraction of sp³-hybridized carbons (Fsp3) is 0.500. The Morgan fingerprint density at radius 2 is 1.90 bits per heavy atom. The van der Waals surface area contributed by atoms with Gasteiger partial charge in [-0.1, -0.05) is 43.2 Å². The lowest BCUT2D eigenvalue weighted by molar-refractivity contribution is -0.137. The molecule has 0 spiro atoms. The van der Waals surface area contributed by atoms with Crippen molar-refractivity contribution in [1.29, 1.82) is 0 Å². The van der Waals surface area contributed by atoms with Crippen LogP contribution in [-0.2, 0) is 11.3 Å². The average Bonchev–Trinajstić information content (AvgIpc) is 2.40. The van der Waals surface area contributed by atoms with E-state index in [0.717, 1.165) is 12.0 Å². The predicted molar refractivity (Wildman–Crippen MR) is 82.1 cm³/mol. The van der Waals surface area contributed by atoms with Crippen LogP contribution in [0.25, 0.3) is 0 Å². The molecule has 2 amide bonds. The molecule has 0 saturated carbocycles. The highest BCUT2D eigenvalue weighted by molar-refractivity contribution is 5.75. The molecule has 21 heavy (non-hydrogen) atoms. The monoisotopic (exact) mass is 292 g/mol. The summed E-state index contributed by atoms with van der Waals surface area (Å²) in [5.74, 6) is -0.894. The smallest absolute Gasteiger partial charge is 0.317 e. The minimum absolute atomic E-state index is 0.0437. The second kappa shape index (κ2) is 8.29. The van der Waals surface area contributed by atoms with Crippen LogP contribution in [0.4, 0.5) is 4.79 Å². The first kappa shape index (κ1) is 17.0. The molecule has 2 N–H and O–H groups in total. The molecular weight excluding hydrogens is 268 g/mol. The molecule has 0 radical (unpaired) electrons. The molecule has 0 aliphatic carbocycles. The molecule has 5 nitrogen and oxygen atoms in total. The third kappa shape index (κ3) is 6.29. The third-order valence-corrected chi connectivity index (χ3v) is 3.27. The van der Waals surface area contributed by atoms with E-state index < -0.39 is 5.97 Å². The van der Waals surface area contributed by atoms with E-state index in [0.29, 0.717) is 13.0 Å². The number of rotatable bonds is 7. The number of nitrogens with one attached hydrogen (secondary N) is 1. The van der Waals surface area contributed by atoms with Gasteiger partial charge in [-0.2, -0.15) is 0 Å². The summed E-state index contributed by atoms with van der Waals surface area (Å²) in [7, 11) is 1.71. The van der Waals surface area contributed by atoms with Gasteiger partial charge < -0.3 is 15.3 Å². The molecule has 0 aromatic heterocycles. The van der Waals surface area contributed by atoms with Gasteiger partial charge in [0, 0.05) is 19.6 Å². The van der Waals surface area contributed by atoms with E-state index in [4.69, 9.17) is 5.11 Å². The van der Waals surface area contributed by atoms with Crippen molar-refractivity contribution in [3.63, 3.8) is 0 Å². The summed E-state index contributed by atoms with van der Waals surface area (Å²) in [6, 6.07) is 7.42. The lowest BCUT2D eigenvalue weighted by Crippen LogP contribution is -2.43. The molecule has 1 aromatic rings. The SMILES string of the molecule is CCCC(CC(=O)O)NC(=O)N(C)Cc1ccc(C)cc1. The Kier molecular flexibility index (Phi) is 6.72. The standard InChI is InChI=1S/C16H24N2O3/c1-4-5-14(10-15(19)20)17-16(21)18(3)11-13-8-6-12(2)7-9-13/h6-9,14H,4-5,10-11H2,1-3H3,(H,17,21)(H,19,20). The van der Waals surface area contributed by atoms with E-state index in [1.54, 1.807) is 11.9 Å². The molecule has 1 aromatic carbocycles. The van der Waals surface area contributed by atoms with Crippen LogP contribution in [0.1, 0.15) is 37.3 Å². The molecule has 0 bridgehead atoms. The average molecular weight is 292 g/mol. The van der Waals surface area contributed by atoms with Gasteiger partial charge in [0.2, 0.25) is 0 Å². The summed E-state index contributed by atoms with van der Waals surface area (Å²) >= 11 is 0. The van der Waals surface area contributed by atoms with Crippen molar-refractivity contribution < 1.29 is 14.7 Å². The van der Waals surface area contributed by atoms with Gasteiger partial charge in [-0.25, -0.2) is 4.79 Å².